The molecule has 1 aromatic heterocycles. The Kier molecular flexibility index (Phi) is 4.62. The summed E-state index contributed by atoms with van der Waals surface area (Å²) < 4.78 is 5.03. The second-order valence-corrected chi connectivity index (χ2v) is 5.91. The summed E-state index contributed by atoms with van der Waals surface area (Å²) in [7, 11) is 0. The molecule has 0 saturated carbocycles. The van der Waals surface area contributed by atoms with Crippen molar-refractivity contribution in [3.05, 3.63) is 47.3 Å². The molecule has 1 saturated heterocycles. The maximum atomic E-state index is 12.5. The molecule has 0 aliphatic carbocycles. The minimum absolute atomic E-state index is 0.0373. The number of β-amino-alcohol motifs (C(OH)–C–C–N with tert-alkyl or cyclic N) is 1. The van der Waals surface area contributed by atoms with Crippen LogP contribution in [0.3, 0.4) is 0 Å². The molecule has 1 aromatic carbocycles. The molecule has 6 nitrogen and oxygen atoms in total. The van der Waals surface area contributed by atoms with Crippen molar-refractivity contribution in [3.8, 4) is 0 Å². The Bertz CT molecular complexity index is 683. The van der Waals surface area contributed by atoms with Gasteiger partial charge in [-0.2, -0.15) is 0 Å². The standard InChI is InChI=1S/C17H21N3O3/c1-12-8-15(19-23-12)10-18-14-5-2-4-13(9-14)17(22)20-7-3-6-16(21)11-20/h2,4-5,8-9,16,18,21H,3,6-7,10-11H2,1H3. The van der Waals surface area contributed by atoms with E-state index in [1.165, 1.54) is 0 Å². The molecule has 1 aliphatic rings. The van der Waals surface area contributed by atoms with Gasteiger partial charge in [-0.25, -0.2) is 0 Å². The fourth-order valence-corrected chi connectivity index (χ4v) is 2.78. The van der Waals surface area contributed by atoms with Crippen molar-refractivity contribution in [1.29, 1.82) is 0 Å². The van der Waals surface area contributed by atoms with Gasteiger partial charge < -0.3 is 19.8 Å². The van der Waals surface area contributed by atoms with E-state index in [0.29, 0.717) is 25.2 Å². The van der Waals surface area contributed by atoms with Gasteiger partial charge in [-0.3, -0.25) is 4.79 Å². The van der Waals surface area contributed by atoms with E-state index in [9.17, 15) is 9.90 Å². The number of anilines is 1. The zero-order chi connectivity index (χ0) is 16.2. The number of aryl methyl sites for hydroxylation is 1. The average molecular weight is 315 g/mol. The van der Waals surface area contributed by atoms with E-state index in [0.717, 1.165) is 30.0 Å². The zero-order valence-electron chi connectivity index (χ0n) is 13.2. The summed E-state index contributed by atoms with van der Waals surface area (Å²) in [6.45, 7) is 3.50. The van der Waals surface area contributed by atoms with Crippen molar-refractivity contribution in [3.63, 3.8) is 0 Å². The number of carbonyl (C=O) groups excluding carboxylic acids is 1. The first-order valence-electron chi connectivity index (χ1n) is 7.85. The van der Waals surface area contributed by atoms with Crippen LogP contribution in [0.4, 0.5) is 5.69 Å². The smallest absolute Gasteiger partial charge is 0.254 e. The molecule has 1 atom stereocenters. The Hall–Kier alpha value is -2.34. The number of nitrogens with zero attached hydrogens (tertiary/aromatic N) is 2. The maximum absolute atomic E-state index is 12.5. The van der Waals surface area contributed by atoms with Crippen LogP contribution in [0.2, 0.25) is 0 Å². The topological polar surface area (TPSA) is 78.6 Å². The highest BCUT2D eigenvalue weighted by Crippen LogP contribution is 2.17. The summed E-state index contributed by atoms with van der Waals surface area (Å²) in [5.41, 5.74) is 2.30. The van der Waals surface area contributed by atoms with Gasteiger partial charge in [0.05, 0.1) is 12.6 Å². The van der Waals surface area contributed by atoms with E-state index in [-0.39, 0.29) is 5.91 Å². The van der Waals surface area contributed by atoms with Crippen molar-refractivity contribution in [2.75, 3.05) is 18.4 Å². The summed E-state index contributed by atoms with van der Waals surface area (Å²) in [6, 6.07) is 9.26. The second kappa shape index (κ2) is 6.83. The highest BCUT2D eigenvalue weighted by atomic mass is 16.5. The second-order valence-electron chi connectivity index (χ2n) is 5.91. The average Bonchev–Trinajstić information content (AvgIpc) is 2.98. The Morgan fingerprint density at radius 1 is 1.48 bits per heavy atom. The molecule has 122 valence electrons. The molecule has 1 aliphatic heterocycles. The number of rotatable bonds is 4. The number of aliphatic hydroxyl groups is 1. The van der Waals surface area contributed by atoms with E-state index >= 15 is 0 Å². The highest BCUT2D eigenvalue weighted by molar-refractivity contribution is 5.95. The lowest BCUT2D eigenvalue weighted by Gasteiger charge is -2.30. The Labute approximate surface area is 135 Å². The lowest BCUT2D eigenvalue weighted by atomic mass is 10.1. The Morgan fingerprint density at radius 2 is 2.35 bits per heavy atom. The van der Waals surface area contributed by atoms with Crippen LogP contribution in [0.15, 0.2) is 34.9 Å². The van der Waals surface area contributed by atoms with Gasteiger partial charge in [-0.15, -0.1) is 0 Å². The molecule has 2 heterocycles. The van der Waals surface area contributed by atoms with Crippen molar-refractivity contribution in [1.82, 2.24) is 10.1 Å². The number of benzene rings is 1. The predicted molar refractivity (Wildman–Crippen MR) is 86.2 cm³/mol. The zero-order valence-corrected chi connectivity index (χ0v) is 13.2. The molecule has 2 aromatic rings. The van der Waals surface area contributed by atoms with Gasteiger partial charge in [-0.05, 0) is 38.0 Å². The van der Waals surface area contributed by atoms with E-state index < -0.39 is 6.10 Å². The van der Waals surface area contributed by atoms with Crippen LogP contribution in [-0.2, 0) is 6.54 Å². The van der Waals surface area contributed by atoms with Gasteiger partial charge >= 0.3 is 0 Å². The fraction of sp³-hybridized carbons (Fsp3) is 0.412. The maximum Gasteiger partial charge on any atom is 0.254 e. The first-order chi connectivity index (χ1) is 11.1. The van der Waals surface area contributed by atoms with Gasteiger partial charge in [0.15, 0.2) is 0 Å². The minimum Gasteiger partial charge on any atom is -0.391 e. The molecule has 0 spiro atoms. The Balaban J connectivity index is 1.65. The highest BCUT2D eigenvalue weighted by Gasteiger charge is 2.23. The molecule has 1 amide bonds. The van der Waals surface area contributed by atoms with Crippen LogP contribution in [0.5, 0.6) is 0 Å². The van der Waals surface area contributed by atoms with Crippen LogP contribution in [0.25, 0.3) is 0 Å². The summed E-state index contributed by atoms with van der Waals surface area (Å²) in [6.07, 6.45) is 1.20. The van der Waals surface area contributed by atoms with Gasteiger partial charge in [0.2, 0.25) is 0 Å². The first kappa shape index (κ1) is 15.6. The molecule has 2 N–H and O–H groups in total. The number of hydrogen-bond acceptors (Lipinski definition) is 5. The van der Waals surface area contributed by atoms with E-state index in [4.69, 9.17) is 4.52 Å². The largest absolute Gasteiger partial charge is 0.391 e. The lowest BCUT2D eigenvalue weighted by molar-refractivity contribution is 0.0474. The van der Waals surface area contributed by atoms with Crippen molar-refractivity contribution in [2.45, 2.75) is 32.4 Å². The molecule has 1 fully saturated rings. The third-order valence-electron chi connectivity index (χ3n) is 3.94. The third kappa shape index (κ3) is 3.90. The first-order valence-corrected chi connectivity index (χ1v) is 7.85. The number of piperidine rings is 1. The summed E-state index contributed by atoms with van der Waals surface area (Å²) in [5.74, 6) is 0.735. The fourth-order valence-electron chi connectivity index (χ4n) is 2.78. The summed E-state index contributed by atoms with van der Waals surface area (Å²) in [5, 5.41) is 16.9. The normalized spacial score (nSPS) is 18.0. The molecule has 0 bridgehead atoms. The van der Waals surface area contributed by atoms with E-state index in [1.807, 2.05) is 31.2 Å². The lowest BCUT2D eigenvalue weighted by Crippen LogP contribution is -2.42. The molecule has 3 rings (SSSR count). The van der Waals surface area contributed by atoms with Gasteiger partial charge in [0.25, 0.3) is 5.91 Å². The number of nitrogens with one attached hydrogen (secondary N) is 1. The number of aliphatic hydroxyl groups excluding tert-OH is 1. The van der Waals surface area contributed by atoms with Gasteiger partial charge in [0.1, 0.15) is 11.5 Å². The number of carbonyl (C=O) groups is 1. The number of hydrogen-bond donors (Lipinski definition) is 2. The van der Waals surface area contributed by atoms with Crippen molar-refractivity contribution >= 4 is 11.6 Å². The number of aromatic nitrogens is 1. The monoisotopic (exact) mass is 315 g/mol. The predicted octanol–water partition coefficient (Wildman–Crippen LogP) is 2.19. The summed E-state index contributed by atoms with van der Waals surface area (Å²) >= 11 is 0. The number of amides is 1. The van der Waals surface area contributed by atoms with Crippen LogP contribution in [-0.4, -0.2) is 40.3 Å². The number of likely N-dealkylation sites (tertiary alicyclic amines) is 1. The molecular formula is C17H21N3O3. The van der Waals surface area contributed by atoms with Crippen LogP contribution >= 0.6 is 0 Å². The van der Waals surface area contributed by atoms with Crippen molar-refractivity contribution < 1.29 is 14.4 Å². The minimum atomic E-state index is -0.413. The van der Waals surface area contributed by atoms with Gasteiger partial charge in [0, 0.05) is 30.4 Å². The van der Waals surface area contributed by atoms with Gasteiger partial charge in [-0.1, -0.05) is 11.2 Å². The van der Waals surface area contributed by atoms with E-state index in [1.54, 1.807) is 11.0 Å². The van der Waals surface area contributed by atoms with E-state index in [2.05, 4.69) is 10.5 Å². The quantitative estimate of drug-likeness (QED) is 0.904. The van der Waals surface area contributed by atoms with Crippen LogP contribution in [0.1, 0.15) is 34.7 Å². The summed E-state index contributed by atoms with van der Waals surface area (Å²) in [4.78, 5) is 14.3. The molecular weight excluding hydrogens is 294 g/mol. The van der Waals surface area contributed by atoms with Crippen LogP contribution < -0.4 is 5.32 Å². The molecule has 0 radical (unpaired) electrons. The SMILES string of the molecule is Cc1cc(CNc2cccc(C(=O)N3CCCC(O)C3)c2)no1. The third-order valence-corrected chi connectivity index (χ3v) is 3.94. The molecule has 6 heteroatoms. The van der Waals surface area contributed by atoms with Crippen LogP contribution in [0, 0.1) is 6.92 Å². The molecule has 1 unspecified atom stereocenters. The van der Waals surface area contributed by atoms with Crippen molar-refractivity contribution in [2.24, 2.45) is 0 Å². The molecule has 23 heavy (non-hydrogen) atoms. The Morgan fingerprint density at radius 3 is 3.09 bits per heavy atom.